The lowest BCUT2D eigenvalue weighted by molar-refractivity contribution is 0.190. The van der Waals surface area contributed by atoms with E-state index in [1.807, 2.05) is 17.3 Å². The predicted octanol–water partition coefficient (Wildman–Crippen LogP) is 1.40. The largest absolute Gasteiger partial charge is 0.298 e. The Morgan fingerprint density at radius 3 is 3.00 bits per heavy atom. The SMILES string of the molecule is CCCCN1NC(C#N)=C(c2cccnc2)N1. The zero-order valence-electron chi connectivity index (χ0n) is 9.77. The Morgan fingerprint density at radius 1 is 1.47 bits per heavy atom. The number of unbranched alkanes of at least 4 members (excludes halogenated alkanes) is 1. The first-order valence-corrected chi connectivity index (χ1v) is 5.70. The van der Waals surface area contributed by atoms with Crippen LogP contribution in [0.3, 0.4) is 0 Å². The molecule has 0 saturated heterocycles. The summed E-state index contributed by atoms with van der Waals surface area (Å²) in [7, 11) is 0. The molecule has 0 fully saturated rings. The molecule has 0 unspecified atom stereocenters. The second-order valence-corrected chi connectivity index (χ2v) is 3.83. The van der Waals surface area contributed by atoms with E-state index < -0.39 is 0 Å². The van der Waals surface area contributed by atoms with E-state index in [9.17, 15) is 0 Å². The monoisotopic (exact) mass is 229 g/mol. The maximum Gasteiger partial charge on any atom is 0.154 e. The summed E-state index contributed by atoms with van der Waals surface area (Å²) in [4.78, 5) is 4.06. The summed E-state index contributed by atoms with van der Waals surface area (Å²) in [6.07, 6.45) is 5.64. The first kappa shape index (κ1) is 11.4. The van der Waals surface area contributed by atoms with Crippen LogP contribution >= 0.6 is 0 Å². The Kier molecular flexibility index (Phi) is 3.58. The molecule has 17 heavy (non-hydrogen) atoms. The van der Waals surface area contributed by atoms with Crippen LogP contribution < -0.4 is 10.9 Å². The Morgan fingerprint density at radius 2 is 2.35 bits per heavy atom. The number of allylic oxidation sites excluding steroid dienone is 1. The molecule has 0 aliphatic carbocycles. The first-order chi connectivity index (χ1) is 8.35. The average Bonchev–Trinajstić information content (AvgIpc) is 2.80. The minimum Gasteiger partial charge on any atom is -0.298 e. The minimum absolute atomic E-state index is 0.536. The van der Waals surface area contributed by atoms with Gasteiger partial charge < -0.3 is 0 Å². The highest BCUT2D eigenvalue weighted by molar-refractivity contribution is 5.70. The molecule has 88 valence electrons. The zero-order valence-corrected chi connectivity index (χ0v) is 9.77. The van der Waals surface area contributed by atoms with Gasteiger partial charge in [-0.2, -0.15) is 5.26 Å². The Hall–Kier alpha value is -2.06. The van der Waals surface area contributed by atoms with Gasteiger partial charge >= 0.3 is 0 Å². The van der Waals surface area contributed by atoms with Crippen LogP contribution in [0.1, 0.15) is 25.3 Å². The van der Waals surface area contributed by atoms with Crippen LogP contribution in [0.5, 0.6) is 0 Å². The topological polar surface area (TPSA) is 64.0 Å². The smallest absolute Gasteiger partial charge is 0.154 e. The van der Waals surface area contributed by atoms with Crippen molar-refractivity contribution in [2.45, 2.75) is 19.8 Å². The van der Waals surface area contributed by atoms with Crippen molar-refractivity contribution in [2.24, 2.45) is 0 Å². The number of nitrogens with zero attached hydrogens (tertiary/aromatic N) is 3. The summed E-state index contributed by atoms with van der Waals surface area (Å²) in [5.74, 6) is 0. The number of nitriles is 1. The van der Waals surface area contributed by atoms with Crippen molar-refractivity contribution in [1.29, 1.82) is 5.26 Å². The standard InChI is InChI=1S/C12H15N5/c1-2-3-7-17-15-11(8-13)12(16-17)10-5-4-6-14-9-10/h4-6,9,15-16H,2-3,7H2,1H3. The van der Waals surface area contributed by atoms with Gasteiger partial charge in [-0.05, 0) is 18.6 Å². The molecule has 0 aromatic carbocycles. The fraction of sp³-hybridized carbons (Fsp3) is 0.333. The lowest BCUT2D eigenvalue weighted by Crippen LogP contribution is -2.40. The van der Waals surface area contributed by atoms with E-state index in [0.29, 0.717) is 5.70 Å². The van der Waals surface area contributed by atoms with Crippen molar-refractivity contribution < 1.29 is 0 Å². The Bertz CT molecular complexity index is 446. The molecule has 0 saturated carbocycles. The second-order valence-electron chi connectivity index (χ2n) is 3.83. The van der Waals surface area contributed by atoms with E-state index >= 15 is 0 Å². The van der Waals surface area contributed by atoms with Crippen molar-refractivity contribution in [1.82, 2.24) is 21.0 Å². The Labute approximate surface area is 101 Å². The maximum absolute atomic E-state index is 9.08. The van der Waals surface area contributed by atoms with Gasteiger partial charge in [-0.25, -0.2) is 0 Å². The van der Waals surface area contributed by atoms with Crippen molar-refractivity contribution in [3.05, 3.63) is 35.8 Å². The summed E-state index contributed by atoms with van der Waals surface area (Å²) in [6.45, 7) is 2.99. The van der Waals surface area contributed by atoms with Gasteiger partial charge in [0.25, 0.3) is 0 Å². The lowest BCUT2D eigenvalue weighted by Gasteiger charge is -2.16. The molecular formula is C12H15N5. The van der Waals surface area contributed by atoms with Gasteiger partial charge in [-0.15, -0.1) is 5.12 Å². The van der Waals surface area contributed by atoms with Crippen LogP contribution in [0.15, 0.2) is 30.2 Å². The number of hydrogen-bond acceptors (Lipinski definition) is 5. The van der Waals surface area contributed by atoms with Crippen molar-refractivity contribution in [3.8, 4) is 6.07 Å². The summed E-state index contributed by atoms with van der Waals surface area (Å²) in [5.41, 5.74) is 8.46. The fourth-order valence-electron chi connectivity index (χ4n) is 1.64. The molecule has 2 rings (SSSR count). The third kappa shape index (κ3) is 2.55. The van der Waals surface area contributed by atoms with Crippen LogP contribution in [0.25, 0.3) is 5.70 Å². The molecule has 2 heterocycles. The zero-order chi connectivity index (χ0) is 12.1. The van der Waals surface area contributed by atoms with Crippen molar-refractivity contribution >= 4 is 5.70 Å². The fourth-order valence-corrected chi connectivity index (χ4v) is 1.64. The molecule has 0 amide bonds. The van der Waals surface area contributed by atoms with E-state index in [2.05, 4.69) is 28.8 Å². The van der Waals surface area contributed by atoms with E-state index in [-0.39, 0.29) is 0 Å². The highest BCUT2D eigenvalue weighted by atomic mass is 15.8. The molecule has 5 nitrogen and oxygen atoms in total. The molecule has 1 aromatic heterocycles. The number of aromatic nitrogens is 1. The van der Waals surface area contributed by atoms with Gasteiger partial charge in [0.15, 0.2) is 5.70 Å². The van der Waals surface area contributed by atoms with Gasteiger partial charge in [-0.1, -0.05) is 13.3 Å². The molecule has 0 bridgehead atoms. The predicted molar refractivity (Wildman–Crippen MR) is 64.7 cm³/mol. The highest BCUT2D eigenvalue weighted by Gasteiger charge is 2.21. The van der Waals surface area contributed by atoms with Gasteiger partial charge in [0.1, 0.15) is 6.07 Å². The summed E-state index contributed by atoms with van der Waals surface area (Å²) in [5, 5.41) is 10.9. The number of rotatable bonds is 4. The number of nitrogens with one attached hydrogen (secondary N) is 2. The quantitative estimate of drug-likeness (QED) is 0.817. The molecule has 0 atom stereocenters. The van der Waals surface area contributed by atoms with Crippen molar-refractivity contribution in [3.63, 3.8) is 0 Å². The summed E-state index contributed by atoms with van der Waals surface area (Å²) >= 11 is 0. The molecule has 5 heteroatoms. The molecule has 1 aromatic rings. The van der Waals surface area contributed by atoms with E-state index in [1.54, 1.807) is 12.4 Å². The summed E-state index contributed by atoms with van der Waals surface area (Å²) < 4.78 is 0. The molecular weight excluding hydrogens is 214 g/mol. The highest BCUT2D eigenvalue weighted by Crippen LogP contribution is 2.18. The molecule has 0 radical (unpaired) electrons. The van der Waals surface area contributed by atoms with Crippen LogP contribution in [0.4, 0.5) is 0 Å². The molecule has 1 aliphatic heterocycles. The van der Waals surface area contributed by atoms with E-state index in [0.717, 1.165) is 30.6 Å². The molecule has 2 N–H and O–H groups in total. The maximum atomic E-state index is 9.08. The van der Waals surface area contributed by atoms with Crippen LogP contribution in [-0.2, 0) is 0 Å². The Balaban J connectivity index is 2.13. The van der Waals surface area contributed by atoms with Gasteiger partial charge in [0.2, 0.25) is 0 Å². The third-order valence-electron chi connectivity index (χ3n) is 2.54. The minimum atomic E-state index is 0.536. The number of hydrazine groups is 2. The van der Waals surface area contributed by atoms with E-state index in [4.69, 9.17) is 5.26 Å². The van der Waals surface area contributed by atoms with Gasteiger partial charge in [-0.3, -0.25) is 15.8 Å². The van der Waals surface area contributed by atoms with Crippen LogP contribution in [0.2, 0.25) is 0 Å². The first-order valence-electron chi connectivity index (χ1n) is 5.70. The van der Waals surface area contributed by atoms with Crippen LogP contribution in [0, 0.1) is 11.3 Å². The van der Waals surface area contributed by atoms with Gasteiger partial charge in [0, 0.05) is 24.5 Å². The van der Waals surface area contributed by atoms with E-state index in [1.165, 1.54) is 0 Å². The van der Waals surface area contributed by atoms with Crippen molar-refractivity contribution in [2.75, 3.05) is 6.54 Å². The normalized spacial score (nSPS) is 15.3. The average molecular weight is 229 g/mol. The number of pyridine rings is 1. The molecule has 0 spiro atoms. The number of hydrogen-bond donors (Lipinski definition) is 2. The second kappa shape index (κ2) is 5.32. The molecule has 1 aliphatic rings. The lowest BCUT2D eigenvalue weighted by atomic mass is 10.2. The van der Waals surface area contributed by atoms with Gasteiger partial charge in [0.05, 0.1) is 5.70 Å². The third-order valence-corrected chi connectivity index (χ3v) is 2.54. The summed E-state index contributed by atoms with van der Waals surface area (Å²) in [6, 6.07) is 5.94. The van der Waals surface area contributed by atoms with Crippen LogP contribution in [-0.4, -0.2) is 16.6 Å².